The predicted octanol–water partition coefficient (Wildman–Crippen LogP) is 3.13. The van der Waals surface area contributed by atoms with Gasteiger partial charge >= 0.3 is 0 Å². The zero-order valence-electron chi connectivity index (χ0n) is 9.73. The van der Waals surface area contributed by atoms with E-state index in [4.69, 9.17) is 28.3 Å². The Hall–Kier alpha value is -1.62. The minimum Gasteiger partial charge on any atom is -0.390 e. The number of aliphatic hydroxyl groups excluding tert-OH is 1. The van der Waals surface area contributed by atoms with E-state index in [0.717, 1.165) is 0 Å². The number of benzene rings is 1. The zero-order valence-corrected chi connectivity index (χ0v) is 11.2. The summed E-state index contributed by atoms with van der Waals surface area (Å²) in [6, 6.07) is 7.93. The van der Waals surface area contributed by atoms with Gasteiger partial charge in [-0.1, -0.05) is 23.2 Å². The Bertz CT molecular complexity index is 600. The van der Waals surface area contributed by atoms with Crippen LogP contribution in [-0.4, -0.2) is 16.0 Å². The maximum Gasteiger partial charge on any atom is 0.255 e. The summed E-state index contributed by atoms with van der Waals surface area (Å²) >= 11 is 11.6. The Morgan fingerprint density at radius 3 is 2.58 bits per heavy atom. The number of carbonyl (C=O) groups excluding carboxylic acids is 1. The summed E-state index contributed by atoms with van der Waals surface area (Å²) in [5, 5.41) is 12.3. The van der Waals surface area contributed by atoms with Crippen molar-refractivity contribution in [3.05, 3.63) is 57.8 Å². The molecule has 19 heavy (non-hydrogen) atoms. The second-order valence-electron chi connectivity index (χ2n) is 3.78. The highest BCUT2D eigenvalue weighted by Crippen LogP contribution is 2.23. The number of anilines is 1. The number of hydrogen-bond donors (Lipinski definition) is 2. The Balaban J connectivity index is 2.13. The second-order valence-corrected chi connectivity index (χ2v) is 4.59. The molecule has 0 atom stereocenters. The molecule has 0 aliphatic rings. The van der Waals surface area contributed by atoms with Crippen LogP contribution >= 0.6 is 23.2 Å². The number of hydrogen-bond acceptors (Lipinski definition) is 3. The van der Waals surface area contributed by atoms with Crippen LogP contribution in [0.4, 0.5) is 5.69 Å². The lowest BCUT2D eigenvalue weighted by atomic mass is 10.2. The molecular formula is C13H10Cl2N2O2. The van der Waals surface area contributed by atoms with Crippen molar-refractivity contribution in [3.63, 3.8) is 0 Å². The normalized spacial score (nSPS) is 10.3. The minimum absolute atomic E-state index is 0.138. The highest BCUT2D eigenvalue weighted by molar-refractivity contribution is 6.42. The molecule has 1 heterocycles. The summed E-state index contributed by atoms with van der Waals surface area (Å²) in [5.74, 6) is -0.308. The molecule has 0 saturated carbocycles. The maximum absolute atomic E-state index is 11.9. The molecule has 4 nitrogen and oxygen atoms in total. The quantitative estimate of drug-likeness (QED) is 0.915. The van der Waals surface area contributed by atoms with Crippen LogP contribution in [0.1, 0.15) is 16.1 Å². The van der Waals surface area contributed by atoms with Gasteiger partial charge in [-0.25, -0.2) is 0 Å². The molecule has 2 aromatic rings. The lowest BCUT2D eigenvalue weighted by Crippen LogP contribution is -2.12. The van der Waals surface area contributed by atoms with Crippen molar-refractivity contribution in [2.24, 2.45) is 0 Å². The van der Waals surface area contributed by atoms with E-state index in [0.29, 0.717) is 27.0 Å². The van der Waals surface area contributed by atoms with Gasteiger partial charge in [-0.05, 0) is 30.3 Å². The summed E-state index contributed by atoms with van der Waals surface area (Å²) in [6.07, 6.45) is 1.47. The Morgan fingerprint density at radius 2 is 2.00 bits per heavy atom. The van der Waals surface area contributed by atoms with E-state index < -0.39 is 0 Å². The number of nitrogens with zero attached hydrogens (tertiary/aromatic N) is 1. The van der Waals surface area contributed by atoms with Gasteiger partial charge in [0.05, 0.1) is 34.2 Å². The molecular weight excluding hydrogens is 287 g/mol. The van der Waals surface area contributed by atoms with Crippen LogP contribution in [0.25, 0.3) is 0 Å². The first kappa shape index (κ1) is 13.8. The average Bonchev–Trinajstić information content (AvgIpc) is 2.42. The van der Waals surface area contributed by atoms with Gasteiger partial charge in [-0.3, -0.25) is 9.78 Å². The topological polar surface area (TPSA) is 62.2 Å². The van der Waals surface area contributed by atoms with E-state index in [1.807, 2.05) is 0 Å². The fourth-order valence-corrected chi connectivity index (χ4v) is 1.73. The molecule has 0 aliphatic carbocycles. The smallest absolute Gasteiger partial charge is 0.255 e. The van der Waals surface area contributed by atoms with E-state index >= 15 is 0 Å². The van der Waals surface area contributed by atoms with Crippen LogP contribution in [0, 0.1) is 0 Å². The molecule has 1 amide bonds. The summed E-state index contributed by atoms with van der Waals surface area (Å²) in [4.78, 5) is 15.9. The van der Waals surface area contributed by atoms with Crippen molar-refractivity contribution in [3.8, 4) is 0 Å². The number of halogens is 2. The highest BCUT2D eigenvalue weighted by atomic mass is 35.5. The Kier molecular flexibility index (Phi) is 4.37. The summed E-state index contributed by atoms with van der Waals surface area (Å²) < 4.78 is 0. The molecule has 0 saturated heterocycles. The monoisotopic (exact) mass is 296 g/mol. The molecule has 0 aliphatic heterocycles. The number of carbonyl (C=O) groups is 1. The third-order valence-electron chi connectivity index (χ3n) is 2.43. The number of aliphatic hydroxyl groups is 1. The van der Waals surface area contributed by atoms with Crippen LogP contribution in [0.3, 0.4) is 0 Å². The van der Waals surface area contributed by atoms with Gasteiger partial charge in [0.1, 0.15) is 0 Å². The zero-order chi connectivity index (χ0) is 13.8. The number of amides is 1. The molecule has 0 spiro atoms. The van der Waals surface area contributed by atoms with Gasteiger partial charge in [0.25, 0.3) is 5.91 Å². The SMILES string of the molecule is O=C(Nc1ccc(CO)nc1)c1ccc(Cl)c(Cl)c1. The summed E-state index contributed by atoms with van der Waals surface area (Å²) in [6.45, 7) is -0.138. The van der Waals surface area contributed by atoms with E-state index in [2.05, 4.69) is 10.3 Å². The standard InChI is InChI=1S/C13H10Cl2N2O2/c14-11-4-1-8(5-12(11)15)13(19)17-9-2-3-10(7-18)16-6-9/h1-6,18H,7H2,(H,17,19). The van der Waals surface area contributed by atoms with E-state index in [9.17, 15) is 4.79 Å². The van der Waals surface area contributed by atoms with Crippen LogP contribution in [-0.2, 0) is 6.61 Å². The maximum atomic E-state index is 11.9. The Morgan fingerprint density at radius 1 is 1.21 bits per heavy atom. The third kappa shape index (κ3) is 3.44. The molecule has 0 bridgehead atoms. The van der Waals surface area contributed by atoms with E-state index in [1.54, 1.807) is 24.3 Å². The van der Waals surface area contributed by atoms with Crippen molar-refractivity contribution >= 4 is 34.8 Å². The number of nitrogens with one attached hydrogen (secondary N) is 1. The first-order valence-corrected chi connectivity index (χ1v) is 6.18. The van der Waals surface area contributed by atoms with Crippen molar-refractivity contribution < 1.29 is 9.90 Å². The number of rotatable bonds is 3. The van der Waals surface area contributed by atoms with E-state index in [-0.39, 0.29) is 12.5 Å². The van der Waals surface area contributed by atoms with Crippen molar-refractivity contribution in [1.82, 2.24) is 4.98 Å². The molecule has 6 heteroatoms. The summed E-state index contributed by atoms with van der Waals surface area (Å²) in [5.41, 5.74) is 1.47. The molecule has 1 aromatic heterocycles. The van der Waals surface area contributed by atoms with Crippen molar-refractivity contribution in [2.45, 2.75) is 6.61 Å². The average molecular weight is 297 g/mol. The van der Waals surface area contributed by atoms with Gasteiger partial charge < -0.3 is 10.4 Å². The van der Waals surface area contributed by atoms with Crippen molar-refractivity contribution in [1.29, 1.82) is 0 Å². The van der Waals surface area contributed by atoms with Gasteiger partial charge in [0.2, 0.25) is 0 Å². The lowest BCUT2D eigenvalue weighted by Gasteiger charge is -2.06. The van der Waals surface area contributed by atoms with Crippen LogP contribution in [0.2, 0.25) is 10.0 Å². The van der Waals surface area contributed by atoms with Crippen LogP contribution in [0.5, 0.6) is 0 Å². The molecule has 0 fully saturated rings. The fraction of sp³-hybridized carbons (Fsp3) is 0.0769. The largest absolute Gasteiger partial charge is 0.390 e. The predicted molar refractivity (Wildman–Crippen MR) is 74.6 cm³/mol. The molecule has 0 radical (unpaired) electrons. The molecule has 2 rings (SSSR count). The molecule has 2 N–H and O–H groups in total. The fourth-order valence-electron chi connectivity index (χ4n) is 1.43. The minimum atomic E-state index is -0.308. The van der Waals surface area contributed by atoms with Gasteiger partial charge in [-0.2, -0.15) is 0 Å². The van der Waals surface area contributed by atoms with Crippen LogP contribution in [0.15, 0.2) is 36.5 Å². The molecule has 0 unspecified atom stereocenters. The first-order chi connectivity index (χ1) is 9.10. The van der Waals surface area contributed by atoms with Gasteiger partial charge in [-0.15, -0.1) is 0 Å². The third-order valence-corrected chi connectivity index (χ3v) is 3.17. The number of pyridine rings is 1. The lowest BCUT2D eigenvalue weighted by molar-refractivity contribution is 0.102. The highest BCUT2D eigenvalue weighted by Gasteiger charge is 2.08. The summed E-state index contributed by atoms with van der Waals surface area (Å²) in [7, 11) is 0. The van der Waals surface area contributed by atoms with E-state index in [1.165, 1.54) is 12.3 Å². The Labute approximate surface area is 120 Å². The number of aromatic nitrogens is 1. The molecule has 1 aromatic carbocycles. The van der Waals surface area contributed by atoms with Crippen LogP contribution < -0.4 is 5.32 Å². The van der Waals surface area contributed by atoms with Crippen molar-refractivity contribution in [2.75, 3.05) is 5.32 Å². The van der Waals surface area contributed by atoms with Gasteiger partial charge in [0.15, 0.2) is 0 Å². The molecule has 98 valence electrons. The first-order valence-electron chi connectivity index (χ1n) is 5.42. The second kappa shape index (κ2) is 6.02. The van der Waals surface area contributed by atoms with Gasteiger partial charge in [0, 0.05) is 5.56 Å².